The van der Waals surface area contributed by atoms with Gasteiger partial charge in [0, 0.05) is 17.5 Å². The minimum Gasteiger partial charge on any atom is -0.378 e. The van der Waals surface area contributed by atoms with Crippen molar-refractivity contribution >= 4 is 11.3 Å². The summed E-state index contributed by atoms with van der Waals surface area (Å²) in [5.41, 5.74) is 0. The Balaban J connectivity index is 1.80. The molecule has 15 heavy (non-hydrogen) atoms. The first-order valence-corrected chi connectivity index (χ1v) is 6.60. The quantitative estimate of drug-likeness (QED) is 0.832. The van der Waals surface area contributed by atoms with Crippen LogP contribution in [0.2, 0.25) is 0 Å². The van der Waals surface area contributed by atoms with Gasteiger partial charge in [-0.3, -0.25) is 0 Å². The topological polar surface area (TPSA) is 21.3 Å². The lowest BCUT2D eigenvalue weighted by Crippen LogP contribution is -2.17. The van der Waals surface area contributed by atoms with E-state index in [1.54, 1.807) is 0 Å². The molecule has 1 saturated heterocycles. The normalized spacial score (nSPS) is 23.1. The Labute approximate surface area is 95.6 Å². The van der Waals surface area contributed by atoms with Crippen molar-refractivity contribution in [2.75, 3.05) is 13.7 Å². The number of nitrogens with one attached hydrogen (secondary N) is 1. The molecule has 2 rings (SSSR count). The van der Waals surface area contributed by atoms with E-state index in [0.717, 1.165) is 6.61 Å². The maximum absolute atomic E-state index is 5.64. The maximum atomic E-state index is 5.64. The molecule has 2 unspecified atom stereocenters. The Morgan fingerprint density at radius 1 is 1.67 bits per heavy atom. The molecule has 2 nitrogen and oxygen atoms in total. The first-order valence-electron chi connectivity index (χ1n) is 5.72. The molecule has 1 aliphatic rings. The lowest BCUT2D eigenvalue weighted by atomic mass is 10.1. The van der Waals surface area contributed by atoms with E-state index in [1.165, 1.54) is 30.6 Å². The summed E-state index contributed by atoms with van der Waals surface area (Å²) in [7, 11) is 2.04. The van der Waals surface area contributed by atoms with E-state index < -0.39 is 0 Å². The summed E-state index contributed by atoms with van der Waals surface area (Å²) in [4.78, 5) is 1.44. The van der Waals surface area contributed by atoms with Gasteiger partial charge in [-0.15, -0.1) is 11.3 Å². The zero-order valence-electron chi connectivity index (χ0n) is 9.24. The van der Waals surface area contributed by atoms with Crippen molar-refractivity contribution in [2.24, 2.45) is 0 Å². The first-order chi connectivity index (χ1) is 7.40. The van der Waals surface area contributed by atoms with Crippen molar-refractivity contribution in [2.45, 2.75) is 37.8 Å². The Morgan fingerprint density at radius 3 is 3.20 bits per heavy atom. The van der Waals surface area contributed by atoms with Crippen LogP contribution in [0.1, 0.15) is 36.6 Å². The molecule has 2 atom stereocenters. The molecule has 84 valence electrons. The Hall–Kier alpha value is -0.380. The third kappa shape index (κ3) is 3.03. The molecule has 0 radical (unpaired) electrons. The average molecular weight is 225 g/mol. The van der Waals surface area contributed by atoms with Crippen LogP contribution in [0.3, 0.4) is 0 Å². The van der Waals surface area contributed by atoms with E-state index in [1.807, 2.05) is 18.4 Å². The third-order valence-corrected chi connectivity index (χ3v) is 4.02. The van der Waals surface area contributed by atoms with Gasteiger partial charge in [0.05, 0.1) is 6.10 Å². The Morgan fingerprint density at radius 2 is 2.60 bits per heavy atom. The first kappa shape index (κ1) is 11.1. The molecule has 1 aromatic rings. The number of rotatable bonds is 5. The van der Waals surface area contributed by atoms with Crippen molar-refractivity contribution < 1.29 is 4.74 Å². The molecule has 0 saturated carbocycles. The van der Waals surface area contributed by atoms with Gasteiger partial charge in [-0.1, -0.05) is 6.07 Å². The summed E-state index contributed by atoms with van der Waals surface area (Å²) in [5.74, 6) is 0. The monoisotopic (exact) mass is 225 g/mol. The van der Waals surface area contributed by atoms with Crippen molar-refractivity contribution in [3.05, 3.63) is 22.4 Å². The van der Waals surface area contributed by atoms with Gasteiger partial charge >= 0.3 is 0 Å². The molecule has 1 aromatic heterocycles. The molecule has 0 aromatic carbocycles. The fraction of sp³-hybridized carbons (Fsp3) is 0.667. The van der Waals surface area contributed by atoms with E-state index in [2.05, 4.69) is 22.8 Å². The van der Waals surface area contributed by atoms with Crippen LogP contribution in [0, 0.1) is 0 Å². The van der Waals surface area contributed by atoms with Gasteiger partial charge in [-0.25, -0.2) is 0 Å². The van der Waals surface area contributed by atoms with Crippen LogP contribution in [-0.2, 0) is 4.74 Å². The van der Waals surface area contributed by atoms with E-state index in [9.17, 15) is 0 Å². The standard InChI is InChI=1S/C12H19NOS/c1-13-11(12-5-3-9-15-12)7-6-10-4-2-8-14-10/h3,5,9-11,13H,2,4,6-8H2,1H3. The summed E-state index contributed by atoms with van der Waals surface area (Å²) >= 11 is 1.83. The van der Waals surface area contributed by atoms with Crippen molar-refractivity contribution in [3.63, 3.8) is 0 Å². The predicted octanol–water partition coefficient (Wildman–Crippen LogP) is 2.97. The molecule has 0 bridgehead atoms. The molecular formula is C12H19NOS. The SMILES string of the molecule is CNC(CCC1CCCO1)c1cccs1. The second-order valence-corrected chi connectivity index (χ2v) is 5.05. The van der Waals surface area contributed by atoms with Gasteiger partial charge in [0.1, 0.15) is 0 Å². The smallest absolute Gasteiger partial charge is 0.0576 e. The number of hydrogen-bond donors (Lipinski definition) is 1. The highest BCUT2D eigenvalue weighted by Gasteiger charge is 2.18. The third-order valence-electron chi connectivity index (χ3n) is 3.04. The molecule has 2 heterocycles. The van der Waals surface area contributed by atoms with E-state index >= 15 is 0 Å². The minimum atomic E-state index is 0.509. The number of ether oxygens (including phenoxy) is 1. The van der Waals surface area contributed by atoms with E-state index in [4.69, 9.17) is 4.74 Å². The van der Waals surface area contributed by atoms with Gasteiger partial charge in [-0.2, -0.15) is 0 Å². The summed E-state index contributed by atoms with van der Waals surface area (Å²) in [6, 6.07) is 4.84. The zero-order valence-corrected chi connectivity index (χ0v) is 10.1. The summed E-state index contributed by atoms with van der Waals surface area (Å²) in [6.45, 7) is 0.966. The van der Waals surface area contributed by atoms with Crippen LogP contribution >= 0.6 is 11.3 Å². The number of thiophene rings is 1. The predicted molar refractivity (Wildman–Crippen MR) is 64.3 cm³/mol. The second-order valence-electron chi connectivity index (χ2n) is 4.07. The van der Waals surface area contributed by atoms with Crippen LogP contribution in [-0.4, -0.2) is 19.8 Å². The molecule has 0 amide bonds. The van der Waals surface area contributed by atoms with E-state index in [0.29, 0.717) is 12.1 Å². The van der Waals surface area contributed by atoms with Gasteiger partial charge in [0.2, 0.25) is 0 Å². The van der Waals surface area contributed by atoms with Crippen LogP contribution in [0.5, 0.6) is 0 Å². The van der Waals surface area contributed by atoms with Crippen molar-refractivity contribution in [1.29, 1.82) is 0 Å². The summed E-state index contributed by atoms with van der Waals surface area (Å²) in [6.07, 6.45) is 5.38. The maximum Gasteiger partial charge on any atom is 0.0576 e. The Kier molecular flexibility index (Phi) is 4.18. The minimum absolute atomic E-state index is 0.509. The highest BCUT2D eigenvalue weighted by atomic mass is 32.1. The van der Waals surface area contributed by atoms with Gasteiger partial charge < -0.3 is 10.1 Å². The highest BCUT2D eigenvalue weighted by molar-refractivity contribution is 7.10. The molecular weight excluding hydrogens is 206 g/mol. The summed E-state index contributed by atoms with van der Waals surface area (Å²) < 4.78 is 5.64. The van der Waals surface area contributed by atoms with Gasteiger partial charge in [-0.05, 0) is 44.2 Å². The lowest BCUT2D eigenvalue weighted by molar-refractivity contribution is 0.0999. The number of hydrogen-bond acceptors (Lipinski definition) is 3. The average Bonchev–Trinajstić information content (AvgIpc) is 2.90. The van der Waals surface area contributed by atoms with Crippen molar-refractivity contribution in [3.8, 4) is 0 Å². The molecule has 0 spiro atoms. The molecule has 3 heteroatoms. The molecule has 1 fully saturated rings. The fourth-order valence-electron chi connectivity index (χ4n) is 2.14. The second kappa shape index (κ2) is 5.64. The Bertz CT molecular complexity index is 267. The van der Waals surface area contributed by atoms with Crippen LogP contribution < -0.4 is 5.32 Å². The molecule has 1 N–H and O–H groups in total. The van der Waals surface area contributed by atoms with Crippen molar-refractivity contribution in [1.82, 2.24) is 5.32 Å². The fourth-order valence-corrected chi connectivity index (χ4v) is 3.01. The lowest BCUT2D eigenvalue weighted by Gasteiger charge is -2.16. The van der Waals surface area contributed by atoms with Crippen LogP contribution in [0.4, 0.5) is 0 Å². The van der Waals surface area contributed by atoms with Gasteiger partial charge in [0.15, 0.2) is 0 Å². The molecule has 0 aliphatic carbocycles. The zero-order chi connectivity index (χ0) is 10.5. The van der Waals surface area contributed by atoms with Crippen LogP contribution in [0.25, 0.3) is 0 Å². The summed E-state index contributed by atoms with van der Waals surface area (Å²) in [5, 5.41) is 5.53. The van der Waals surface area contributed by atoms with Crippen LogP contribution in [0.15, 0.2) is 17.5 Å². The highest BCUT2D eigenvalue weighted by Crippen LogP contribution is 2.26. The van der Waals surface area contributed by atoms with Gasteiger partial charge in [0.25, 0.3) is 0 Å². The molecule has 1 aliphatic heterocycles. The van der Waals surface area contributed by atoms with E-state index in [-0.39, 0.29) is 0 Å². The largest absolute Gasteiger partial charge is 0.378 e.